The quantitative estimate of drug-likeness (QED) is 0.370. The van der Waals surface area contributed by atoms with Gasteiger partial charge >= 0.3 is 0 Å². The van der Waals surface area contributed by atoms with Crippen LogP contribution in [0.4, 0.5) is 0 Å². The van der Waals surface area contributed by atoms with Crippen molar-refractivity contribution in [2.45, 2.75) is 5.75 Å². The van der Waals surface area contributed by atoms with Gasteiger partial charge < -0.3 is 16.1 Å². The van der Waals surface area contributed by atoms with Crippen molar-refractivity contribution in [1.82, 2.24) is 10.1 Å². The molecule has 0 aliphatic carbocycles. The lowest BCUT2D eigenvalue weighted by Gasteiger charge is -1.92. The van der Waals surface area contributed by atoms with Crippen LogP contribution < -0.4 is 11.6 Å². The van der Waals surface area contributed by atoms with Crippen LogP contribution >= 0.6 is 23.1 Å². The summed E-state index contributed by atoms with van der Waals surface area (Å²) in [5.41, 5.74) is 5.42. The fraction of sp³-hybridized carbons (Fsp3) is 0.125. The van der Waals surface area contributed by atoms with Crippen molar-refractivity contribution in [2.24, 2.45) is 16.7 Å². The normalized spacial score (nSPS) is 11.9. The zero-order chi connectivity index (χ0) is 11.4. The smallest absolute Gasteiger partial charge is 0.237 e. The minimum absolute atomic E-state index is 0.288. The van der Waals surface area contributed by atoms with E-state index >= 15 is 0 Å². The SMILES string of the molecule is NN=C(N)SCc1nc(-c2cccs2)no1. The summed E-state index contributed by atoms with van der Waals surface area (Å²) in [7, 11) is 0. The monoisotopic (exact) mass is 255 g/mol. The van der Waals surface area contributed by atoms with Gasteiger partial charge in [-0.3, -0.25) is 0 Å². The lowest BCUT2D eigenvalue weighted by atomic mass is 10.4. The maximum atomic E-state index is 5.42. The number of thioether (sulfide) groups is 1. The van der Waals surface area contributed by atoms with E-state index in [1.54, 1.807) is 11.3 Å². The van der Waals surface area contributed by atoms with Crippen LogP contribution in [0.5, 0.6) is 0 Å². The third kappa shape index (κ3) is 2.52. The standard InChI is InChI=1S/C8H9N5OS2/c9-8(12-10)16-4-6-11-7(13-14-6)5-2-1-3-15-5/h1-3H,4,10H2,(H2,9,12). The molecule has 84 valence electrons. The fourth-order valence-electron chi connectivity index (χ4n) is 0.992. The van der Waals surface area contributed by atoms with Gasteiger partial charge in [-0.05, 0) is 11.4 Å². The Bertz CT molecular complexity index is 478. The van der Waals surface area contributed by atoms with E-state index in [9.17, 15) is 0 Å². The second kappa shape index (κ2) is 4.99. The van der Waals surface area contributed by atoms with Gasteiger partial charge in [-0.2, -0.15) is 10.1 Å². The zero-order valence-electron chi connectivity index (χ0n) is 8.16. The molecule has 2 heterocycles. The molecular weight excluding hydrogens is 246 g/mol. The van der Waals surface area contributed by atoms with Gasteiger partial charge in [-0.25, -0.2) is 0 Å². The molecule has 2 aromatic heterocycles. The zero-order valence-corrected chi connectivity index (χ0v) is 9.79. The summed E-state index contributed by atoms with van der Waals surface area (Å²) < 4.78 is 5.06. The number of hydrogen-bond donors (Lipinski definition) is 2. The van der Waals surface area contributed by atoms with Gasteiger partial charge in [0.15, 0.2) is 5.17 Å². The highest BCUT2D eigenvalue weighted by Gasteiger charge is 2.09. The lowest BCUT2D eigenvalue weighted by Crippen LogP contribution is -2.09. The maximum Gasteiger partial charge on any atom is 0.237 e. The first-order valence-electron chi connectivity index (χ1n) is 4.32. The summed E-state index contributed by atoms with van der Waals surface area (Å²) >= 11 is 2.81. The highest BCUT2D eigenvalue weighted by Crippen LogP contribution is 2.22. The lowest BCUT2D eigenvalue weighted by molar-refractivity contribution is 0.392. The van der Waals surface area contributed by atoms with Crippen LogP contribution in [0.2, 0.25) is 0 Å². The van der Waals surface area contributed by atoms with Crippen molar-refractivity contribution >= 4 is 28.3 Å². The number of nitrogens with zero attached hydrogens (tertiary/aromatic N) is 3. The van der Waals surface area contributed by atoms with Crippen molar-refractivity contribution in [3.63, 3.8) is 0 Å². The molecule has 2 rings (SSSR count). The van der Waals surface area contributed by atoms with Gasteiger partial charge in [-0.15, -0.1) is 11.3 Å². The van der Waals surface area contributed by atoms with E-state index in [1.807, 2.05) is 17.5 Å². The molecule has 0 atom stereocenters. The van der Waals surface area contributed by atoms with E-state index in [0.717, 1.165) is 4.88 Å². The number of hydrogen-bond acceptors (Lipinski definition) is 7. The van der Waals surface area contributed by atoms with Crippen LogP contribution in [0.3, 0.4) is 0 Å². The Labute approximate surface area is 99.7 Å². The highest BCUT2D eigenvalue weighted by molar-refractivity contribution is 8.13. The van der Waals surface area contributed by atoms with Gasteiger partial charge in [0, 0.05) is 0 Å². The van der Waals surface area contributed by atoms with Crippen molar-refractivity contribution < 1.29 is 4.52 Å². The molecule has 0 unspecified atom stereocenters. The first kappa shape index (κ1) is 11.0. The van der Waals surface area contributed by atoms with Crippen LogP contribution in [0.1, 0.15) is 5.89 Å². The maximum absolute atomic E-state index is 5.42. The Morgan fingerprint density at radius 3 is 3.19 bits per heavy atom. The second-order valence-corrected chi connectivity index (χ2v) is 4.69. The Hall–Kier alpha value is -1.54. The van der Waals surface area contributed by atoms with E-state index < -0.39 is 0 Å². The molecule has 16 heavy (non-hydrogen) atoms. The van der Waals surface area contributed by atoms with Crippen molar-refractivity contribution in [3.8, 4) is 10.7 Å². The Balaban J connectivity index is 2.03. The third-order valence-electron chi connectivity index (χ3n) is 1.68. The number of hydrazone groups is 1. The Morgan fingerprint density at radius 2 is 2.50 bits per heavy atom. The van der Waals surface area contributed by atoms with Gasteiger partial charge in [0.25, 0.3) is 0 Å². The molecule has 0 saturated heterocycles. The molecule has 0 radical (unpaired) electrons. The first-order valence-corrected chi connectivity index (χ1v) is 6.18. The Morgan fingerprint density at radius 1 is 1.62 bits per heavy atom. The van der Waals surface area contributed by atoms with Crippen LogP contribution in [-0.4, -0.2) is 15.3 Å². The summed E-state index contributed by atoms with van der Waals surface area (Å²) in [5.74, 6) is 6.55. The number of nitrogens with two attached hydrogens (primary N) is 2. The summed E-state index contributed by atoms with van der Waals surface area (Å²) in [6.07, 6.45) is 0. The molecule has 0 spiro atoms. The largest absolute Gasteiger partial charge is 0.377 e. The molecular formula is C8H9N5OS2. The number of thiophene rings is 1. The second-order valence-electron chi connectivity index (χ2n) is 2.75. The number of aromatic nitrogens is 2. The van der Waals surface area contributed by atoms with E-state index in [2.05, 4.69) is 15.2 Å². The van der Waals surface area contributed by atoms with E-state index in [0.29, 0.717) is 17.5 Å². The van der Waals surface area contributed by atoms with Crippen LogP contribution in [0.25, 0.3) is 10.7 Å². The molecule has 0 bridgehead atoms. The molecule has 4 N–H and O–H groups in total. The van der Waals surface area contributed by atoms with Crippen molar-refractivity contribution in [2.75, 3.05) is 0 Å². The molecule has 0 amide bonds. The topological polar surface area (TPSA) is 103 Å². The van der Waals surface area contributed by atoms with Gasteiger partial charge in [0.05, 0.1) is 10.6 Å². The molecule has 6 nitrogen and oxygen atoms in total. The number of rotatable bonds is 3. The summed E-state index contributed by atoms with van der Waals surface area (Å²) in [5, 5.41) is 9.44. The van der Waals surface area contributed by atoms with Crippen molar-refractivity contribution in [1.29, 1.82) is 0 Å². The molecule has 8 heteroatoms. The Kier molecular flexibility index (Phi) is 3.42. The summed E-state index contributed by atoms with van der Waals surface area (Å²) in [6.45, 7) is 0. The van der Waals surface area contributed by atoms with E-state index in [1.165, 1.54) is 11.8 Å². The summed E-state index contributed by atoms with van der Waals surface area (Å²) in [4.78, 5) is 5.19. The molecule has 0 aliphatic rings. The third-order valence-corrected chi connectivity index (χ3v) is 3.34. The summed E-state index contributed by atoms with van der Waals surface area (Å²) in [6, 6.07) is 3.87. The predicted molar refractivity (Wildman–Crippen MR) is 64.7 cm³/mol. The van der Waals surface area contributed by atoms with Gasteiger partial charge in [0.2, 0.25) is 11.7 Å². The molecule has 0 aliphatic heterocycles. The van der Waals surface area contributed by atoms with Gasteiger partial charge in [-0.1, -0.05) is 23.0 Å². The predicted octanol–water partition coefficient (Wildman–Crippen LogP) is 1.22. The molecule has 0 fully saturated rings. The van der Waals surface area contributed by atoms with Crippen LogP contribution in [-0.2, 0) is 5.75 Å². The molecule has 0 saturated carbocycles. The highest BCUT2D eigenvalue weighted by atomic mass is 32.2. The minimum Gasteiger partial charge on any atom is -0.377 e. The van der Waals surface area contributed by atoms with Crippen LogP contribution in [0.15, 0.2) is 27.1 Å². The minimum atomic E-state index is 0.288. The average Bonchev–Trinajstić information content (AvgIpc) is 2.95. The average molecular weight is 255 g/mol. The van der Waals surface area contributed by atoms with Crippen molar-refractivity contribution in [3.05, 3.63) is 23.4 Å². The number of amidine groups is 1. The van der Waals surface area contributed by atoms with Gasteiger partial charge in [0.1, 0.15) is 0 Å². The van der Waals surface area contributed by atoms with Crippen LogP contribution in [0, 0.1) is 0 Å². The van der Waals surface area contributed by atoms with E-state index in [4.69, 9.17) is 16.1 Å². The molecule has 2 aromatic rings. The molecule has 0 aromatic carbocycles. The van der Waals surface area contributed by atoms with E-state index in [-0.39, 0.29) is 5.17 Å². The fourth-order valence-corrected chi connectivity index (χ4v) is 2.10. The first-order chi connectivity index (χ1) is 7.79.